The predicted octanol–water partition coefficient (Wildman–Crippen LogP) is 2.12. The standard InChI is InChI=1S/C16H16N4O3/c1-2-19-14(4-6-17-19)13-8-12(9-15-16(13)22-11-21-15)10-23-20-7-3-5-18-20/h3-9H,2,10-11H2,1H3. The molecule has 0 saturated heterocycles. The lowest BCUT2D eigenvalue weighted by molar-refractivity contribution is 0.0700. The summed E-state index contributed by atoms with van der Waals surface area (Å²) in [5.41, 5.74) is 2.93. The van der Waals surface area contributed by atoms with Gasteiger partial charge in [-0.1, -0.05) is 0 Å². The van der Waals surface area contributed by atoms with Gasteiger partial charge in [0.05, 0.1) is 18.1 Å². The van der Waals surface area contributed by atoms with Gasteiger partial charge in [-0.25, -0.2) is 0 Å². The van der Waals surface area contributed by atoms with Crippen molar-refractivity contribution in [3.63, 3.8) is 0 Å². The number of benzene rings is 1. The molecule has 3 aromatic rings. The summed E-state index contributed by atoms with van der Waals surface area (Å²) in [6.07, 6.45) is 5.21. The minimum absolute atomic E-state index is 0.228. The van der Waals surface area contributed by atoms with E-state index in [4.69, 9.17) is 14.3 Å². The lowest BCUT2D eigenvalue weighted by Crippen LogP contribution is -2.11. The van der Waals surface area contributed by atoms with Crippen LogP contribution in [0.4, 0.5) is 0 Å². The third kappa shape index (κ3) is 2.50. The van der Waals surface area contributed by atoms with Crippen molar-refractivity contribution in [3.8, 4) is 22.8 Å². The van der Waals surface area contributed by atoms with Crippen LogP contribution in [0.5, 0.6) is 11.5 Å². The molecule has 23 heavy (non-hydrogen) atoms. The van der Waals surface area contributed by atoms with Gasteiger partial charge in [0.1, 0.15) is 6.61 Å². The normalized spacial score (nSPS) is 12.6. The van der Waals surface area contributed by atoms with Crippen molar-refractivity contribution in [1.82, 2.24) is 19.7 Å². The maximum absolute atomic E-state index is 5.64. The second kappa shape index (κ2) is 5.68. The average molecular weight is 312 g/mol. The van der Waals surface area contributed by atoms with Crippen LogP contribution in [-0.2, 0) is 13.2 Å². The number of hydrogen-bond acceptors (Lipinski definition) is 5. The summed E-state index contributed by atoms with van der Waals surface area (Å²) in [7, 11) is 0. The lowest BCUT2D eigenvalue weighted by atomic mass is 10.1. The molecule has 0 amide bonds. The Bertz CT molecular complexity index is 811. The molecule has 7 nitrogen and oxygen atoms in total. The van der Waals surface area contributed by atoms with Crippen molar-refractivity contribution in [2.75, 3.05) is 6.79 Å². The number of rotatable bonds is 5. The Morgan fingerprint density at radius 3 is 3.00 bits per heavy atom. The molecule has 1 aliphatic heterocycles. The molecule has 0 N–H and O–H groups in total. The van der Waals surface area contributed by atoms with Gasteiger partial charge >= 0.3 is 0 Å². The first-order chi connectivity index (χ1) is 11.3. The largest absolute Gasteiger partial charge is 0.454 e. The fraction of sp³-hybridized carbons (Fsp3) is 0.250. The van der Waals surface area contributed by atoms with E-state index in [1.165, 1.54) is 4.85 Å². The fourth-order valence-electron chi connectivity index (χ4n) is 2.63. The van der Waals surface area contributed by atoms with Crippen LogP contribution in [0.1, 0.15) is 12.5 Å². The van der Waals surface area contributed by atoms with E-state index < -0.39 is 0 Å². The third-order valence-corrected chi connectivity index (χ3v) is 3.67. The van der Waals surface area contributed by atoms with Gasteiger partial charge in [-0.2, -0.15) is 5.10 Å². The van der Waals surface area contributed by atoms with Gasteiger partial charge in [0.15, 0.2) is 11.5 Å². The monoisotopic (exact) mass is 312 g/mol. The summed E-state index contributed by atoms with van der Waals surface area (Å²) in [4.78, 5) is 7.04. The first-order valence-corrected chi connectivity index (χ1v) is 7.43. The maximum atomic E-state index is 5.64. The molecule has 0 aliphatic carbocycles. The highest BCUT2D eigenvalue weighted by Crippen LogP contribution is 2.42. The number of aryl methyl sites for hydroxylation is 1. The highest BCUT2D eigenvalue weighted by Gasteiger charge is 2.22. The van der Waals surface area contributed by atoms with E-state index in [-0.39, 0.29) is 6.79 Å². The molecule has 1 aliphatic rings. The van der Waals surface area contributed by atoms with Crippen LogP contribution in [-0.4, -0.2) is 26.5 Å². The van der Waals surface area contributed by atoms with Crippen LogP contribution in [0, 0.1) is 0 Å². The molecule has 0 fully saturated rings. The molecule has 0 radical (unpaired) electrons. The van der Waals surface area contributed by atoms with Gasteiger partial charge in [0.25, 0.3) is 0 Å². The van der Waals surface area contributed by atoms with Crippen molar-refractivity contribution >= 4 is 0 Å². The second-order valence-electron chi connectivity index (χ2n) is 5.09. The van der Waals surface area contributed by atoms with Gasteiger partial charge in [0.2, 0.25) is 6.79 Å². The Hall–Kier alpha value is -2.96. The Morgan fingerprint density at radius 1 is 1.22 bits per heavy atom. The van der Waals surface area contributed by atoms with Crippen LogP contribution < -0.4 is 14.3 Å². The molecular weight excluding hydrogens is 296 g/mol. The first kappa shape index (κ1) is 13.7. The molecule has 3 heterocycles. The summed E-state index contributed by atoms with van der Waals surface area (Å²) in [5, 5.41) is 8.36. The topological polar surface area (TPSA) is 63.3 Å². The van der Waals surface area contributed by atoms with Crippen molar-refractivity contribution in [3.05, 3.63) is 48.4 Å². The van der Waals surface area contributed by atoms with E-state index in [1.54, 1.807) is 18.6 Å². The second-order valence-corrected chi connectivity index (χ2v) is 5.09. The highest BCUT2D eigenvalue weighted by atomic mass is 16.7. The summed E-state index contributed by atoms with van der Waals surface area (Å²) >= 11 is 0. The van der Waals surface area contributed by atoms with Crippen molar-refractivity contribution < 1.29 is 14.3 Å². The van der Waals surface area contributed by atoms with E-state index in [0.29, 0.717) is 6.61 Å². The Balaban J connectivity index is 1.70. The quantitative estimate of drug-likeness (QED) is 0.722. The maximum Gasteiger partial charge on any atom is 0.231 e. The van der Waals surface area contributed by atoms with E-state index >= 15 is 0 Å². The van der Waals surface area contributed by atoms with Crippen LogP contribution in [0.3, 0.4) is 0 Å². The molecule has 0 saturated carbocycles. The van der Waals surface area contributed by atoms with E-state index in [9.17, 15) is 0 Å². The minimum Gasteiger partial charge on any atom is -0.454 e. The molecule has 0 bridgehead atoms. The Labute approximate surface area is 133 Å². The summed E-state index contributed by atoms with van der Waals surface area (Å²) in [6, 6.07) is 7.76. The Morgan fingerprint density at radius 2 is 2.17 bits per heavy atom. The molecule has 0 spiro atoms. The zero-order valence-electron chi connectivity index (χ0n) is 12.7. The van der Waals surface area contributed by atoms with Crippen molar-refractivity contribution in [2.24, 2.45) is 0 Å². The van der Waals surface area contributed by atoms with Crippen molar-refractivity contribution in [1.29, 1.82) is 0 Å². The average Bonchev–Trinajstić information content (AvgIpc) is 3.32. The minimum atomic E-state index is 0.228. The first-order valence-electron chi connectivity index (χ1n) is 7.43. The lowest BCUT2D eigenvalue weighted by Gasteiger charge is -2.11. The third-order valence-electron chi connectivity index (χ3n) is 3.67. The summed E-state index contributed by atoms with van der Waals surface area (Å²) in [6.45, 7) is 3.45. The molecule has 2 aromatic heterocycles. The molecule has 0 unspecified atom stereocenters. The number of aromatic nitrogens is 4. The van der Waals surface area contributed by atoms with E-state index in [1.807, 2.05) is 28.9 Å². The van der Waals surface area contributed by atoms with Crippen LogP contribution in [0.15, 0.2) is 42.9 Å². The van der Waals surface area contributed by atoms with Gasteiger partial charge in [-0.05, 0) is 36.8 Å². The molecule has 118 valence electrons. The molecule has 4 rings (SSSR count). The molecule has 7 heteroatoms. The number of hydrogen-bond donors (Lipinski definition) is 0. The summed E-state index contributed by atoms with van der Waals surface area (Å²) in [5.74, 6) is 1.48. The SMILES string of the molecule is CCn1nccc1-c1cc(COn2cccn2)cc2c1OCO2. The van der Waals surface area contributed by atoms with Crippen molar-refractivity contribution in [2.45, 2.75) is 20.1 Å². The predicted molar refractivity (Wildman–Crippen MR) is 82.0 cm³/mol. The van der Waals surface area contributed by atoms with Crippen LogP contribution in [0.2, 0.25) is 0 Å². The highest BCUT2D eigenvalue weighted by molar-refractivity contribution is 5.73. The van der Waals surface area contributed by atoms with Crippen LogP contribution in [0.25, 0.3) is 11.3 Å². The van der Waals surface area contributed by atoms with Gasteiger partial charge in [-0.3, -0.25) is 4.68 Å². The smallest absolute Gasteiger partial charge is 0.231 e. The van der Waals surface area contributed by atoms with Gasteiger partial charge in [0, 0.05) is 18.3 Å². The molecule has 1 aromatic carbocycles. The zero-order chi connectivity index (χ0) is 15.6. The van der Waals surface area contributed by atoms with E-state index in [0.717, 1.165) is 34.9 Å². The van der Waals surface area contributed by atoms with Crippen LogP contribution >= 0.6 is 0 Å². The molecule has 0 atom stereocenters. The number of nitrogens with zero attached hydrogens (tertiary/aromatic N) is 4. The Kier molecular flexibility index (Phi) is 3.38. The fourth-order valence-corrected chi connectivity index (χ4v) is 2.63. The summed E-state index contributed by atoms with van der Waals surface area (Å²) < 4.78 is 13.1. The van der Waals surface area contributed by atoms with Gasteiger partial charge in [-0.15, -0.1) is 9.94 Å². The zero-order valence-corrected chi connectivity index (χ0v) is 12.7. The number of ether oxygens (including phenoxy) is 2. The van der Waals surface area contributed by atoms with Gasteiger partial charge < -0.3 is 14.3 Å². The number of fused-ring (bicyclic) bond motifs is 1. The van der Waals surface area contributed by atoms with E-state index in [2.05, 4.69) is 17.1 Å². The molecular formula is C16H16N4O3.